The first-order valence-electron chi connectivity index (χ1n) is 8.95. The lowest BCUT2D eigenvalue weighted by Gasteiger charge is -2.36. The molecule has 0 aromatic heterocycles. The summed E-state index contributed by atoms with van der Waals surface area (Å²) in [6, 6.07) is 7.78. The Morgan fingerprint density at radius 3 is 2.42 bits per heavy atom. The third-order valence-corrected chi connectivity index (χ3v) is 5.10. The number of likely N-dealkylation sites (tertiary alicyclic amines) is 1. The van der Waals surface area contributed by atoms with Crippen LogP contribution >= 0.6 is 0 Å². The van der Waals surface area contributed by atoms with Gasteiger partial charge in [-0.15, -0.1) is 0 Å². The molecule has 2 aliphatic heterocycles. The van der Waals surface area contributed by atoms with Crippen LogP contribution in [-0.2, 0) is 16.0 Å². The van der Waals surface area contributed by atoms with Gasteiger partial charge in [-0.1, -0.05) is 12.1 Å². The minimum absolute atomic E-state index is 0.241. The number of carbonyl (C=O) groups is 1. The number of carbonyl (C=O) groups excluding carboxylic acids is 1. The minimum atomic E-state index is 0.241. The first-order chi connectivity index (χ1) is 11.7. The second kappa shape index (κ2) is 8.49. The molecule has 3 rings (SSSR count). The number of methoxy groups -OCH3 is 1. The van der Waals surface area contributed by atoms with Gasteiger partial charge in [0.05, 0.1) is 26.7 Å². The number of hydrogen-bond donors (Lipinski definition) is 0. The van der Waals surface area contributed by atoms with Crippen LogP contribution in [0.25, 0.3) is 0 Å². The van der Waals surface area contributed by atoms with Crippen LogP contribution in [0.3, 0.4) is 0 Å². The molecule has 0 N–H and O–H groups in total. The Bertz CT molecular complexity index is 518. The molecule has 0 bridgehead atoms. The summed E-state index contributed by atoms with van der Waals surface area (Å²) in [6.45, 7) is 6.77. The summed E-state index contributed by atoms with van der Waals surface area (Å²) in [5.74, 6) is 1.79. The second-order valence-electron chi connectivity index (χ2n) is 6.76. The van der Waals surface area contributed by atoms with E-state index >= 15 is 0 Å². The SMILES string of the molecule is COc1ccc(CC(=O)N2CCC(CN3CCOCC3)CC2)cc1. The van der Waals surface area contributed by atoms with Crippen molar-refractivity contribution in [1.82, 2.24) is 9.80 Å². The van der Waals surface area contributed by atoms with E-state index in [4.69, 9.17) is 9.47 Å². The molecule has 2 heterocycles. The Kier molecular flexibility index (Phi) is 6.10. The van der Waals surface area contributed by atoms with E-state index in [9.17, 15) is 4.79 Å². The highest BCUT2D eigenvalue weighted by molar-refractivity contribution is 5.78. The zero-order valence-electron chi connectivity index (χ0n) is 14.6. The van der Waals surface area contributed by atoms with Crippen LogP contribution < -0.4 is 4.74 Å². The summed E-state index contributed by atoms with van der Waals surface area (Å²) >= 11 is 0. The fourth-order valence-corrected chi connectivity index (χ4v) is 3.54. The normalized spacial score (nSPS) is 20.1. The zero-order chi connectivity index (χ0) is 16.8. The summed E-state index contributed by atoms with van der Waals surface area (Å²) in [6.07, 6.45) is 2.72. The van der Waals surface area contributed by atoms with Crippen molar-refractivity contribution in [2.75, 3.05) is 53.0 Å². The Balaban J connectivity index is 1.42. The average molecular weight is 332 g/mol. The fourth-order valence-electron chi connectivity index (χ4n) is 3.54. The van der Waals surface area contributed by atoms with Crippen molar-refractivity contribution in [3.05, 3.63) is 29.8 Å². The molecular formula is C19H28N2O3. The van der Waals surface area contributed by atoms with Gasteiger partial charge in [0.1, 0.15) is 5.75 Å². The standard InChI is InChI=1S/C19H28N2O3/c1-23-18-4-2-16(3-5-18)14-19(22)21-8-6-17(7-9-21)15-20-10-12-24-13-11-20/h2-5,17H,6-15H2,1H3. The molecule has 1 aromatic carbocycles. The van der Waals surface area contributed by atoms with Crippen LogP contribution in [0, 0.1) is 5.92 Å². The first-order valence-corrected chi connectivity index (χ1v) is 8.95. The van der Waals surface area contributed by atoms with Crippen LogP contribution in [0.15, 0.2) is 24.3 Å². The summed E-state index contributed by atoms with van der Waals surface area (Å²) in [4.78, 5) is 17.0. The molecule has 2 aliphatic rings. The van der Waals surface area contributed by atoms with E-state index in [1.165, 1.54) is 0 Å². The third-order valence-electron chi connectivity index (χ3n) is 5.10. The summed E-state index contributed by atoms with van der Waals surface area (Å²) in [5, 5.41) is 0. The molecule has 1 amide bonds. The molecule has 0 radical (unpaired) electrons. The second-order valence-corrected chi connectivity index (χ2v) is 6.76. The number of nitrogens with zero attached hydrogens (tertiary/aromatic N) is 2. The summed E-state index contributed by atoms with van der Waals surface area (Å²) < 4.78 is 10.6. The molecule has 2 saturated heterocycles. The fraction of sp³-hybridized carbons (Fsp3) is 0.632. The number of amides is 1. The monoisotopic (exact) mass is 332 g/mol. The van der Waals surface area contributed by atoms with Gasteiger partial charge in [0.2, 0.25) is 5.91 Å². The molecule has 0 saturated carbocycles. The van der Waals surface area contributed by atoms with E-state index in [0.717, 1.165) is 70.1 Å². The number of piperidine rings is 1. The third kappa shape index (κ3) is 4.71. The van der Waals surface area contributed by atoms with Crippen LogP contribution in [0.5, 0.6) is 5.75 Å². The van der Waals surface area contributed by atoms with Gasteiger partial charge in [-0.3, -0.25) is 9.69 Å². The minimum Gasteiger partial charge on any atom is -0.497 e. The molecule has 2 fully saturated rings. The molecule has 5 heteroatoms. The largest absolute Gasteiger partial charge is 0.497 e. The van der Waals surface area contributed by atoms with E-state index in [1.54, 1.807) is 7.11 Å². The zero-order valence-corrected chi connectivity index (χ0v) is 14.6. The molecule has 5 nitrogen and oxygen atoms in total. The molecule has 0 aliphatic carbocycles. The highest BCUT2D eigenvalue weighted by Crippen LogP contribution is 2.20. The lowest BCUT2D eigenvalue weighted by Crippen LogP contribution is -2.44. The topological polar surface area (TPSA) is 42.0 Å². The van der Waals surface area contributed by atoms with E-state index in [1.807, 2.05) is 29.2 Å². The Morgan fingerprint density at radius 1 is 1.12 bits per heavy atom. The maximum Gasteiger partial charge on any atom is 0.226 e. The average Bonchev–Trinajstić information content (AvgIpc) is 2.64. The van der Waals surface area contributed by atoms with Crippen molar-refractivity contribution >= 4 is 5.91 Å². The maximum atomic E-state index is 12.5. The van der Waals surface area contributed by atoms with Crippen molar-refractivity contribution in [3.8, 4) is 5.75 Å². The lowest BCUT2D eigenvalue weighted by molar-refractivity contribution is -0.132. The number of ether oxygens (including phenoxy) is 2. The van der Waals surface area contributed by atoms with E-state index in [-0.39, 0.29) is 5.91 Å². The van der Waals surface area contributed by atoms with Gasteiger partial charge in [-0.2, -0.15) is 0 Å². The van der Waals surface area contributed by atoms with Gasteiger partial charge in [-0.05, 0) is 36.5 Å². The molecule has 132 valence electrons. The summed E-state index contributed by atoms with van der Waals surface area (Å²) in [7, 11) is 1.65. The van der Waals surface area contributed by atoms with E-state index in [0.29, 0.717) is 12.3 Å². The number of hydrogen-bond acceptors (Lipinski definition) is 4. The van der Waals surface area contributed by atoms with Crippen molar-refractivity contribution in [2.24, 2.45) is 5.92 Å². The van der Waals surface area contributed by atoms with Crippen molar-refractivity contribution < 1.29 is 14.3 Å². The quantitative estimate of drug-likeness (QED) is 0.825. The van der Waals surface area contributed by atoms with Crippen molar-refractivity contribution in [2.45, 2.75) is 19.3 Å². The number of benzene rings is 1. The van der Waals surface area contributed by atoms with Crippen molar-refractivity contribution in [3.63, 3.8) is 0 Å². The molecule has 1 aromatic rings. The molecular weight excluding hydrogens is 304 g/mol. The Labute approximate surface area is 144 Å². The van der Waals surface area contributed by atoms with Crippen LogP contribution in [0.2, 0.25) is 0 Å². The van der Waals surface area contributed by atoms with E-state index in [2.05, 4.69) is 4.90 Å². The smallest absolute Gasteiger partial charge is 0.226 e. The van der Waals surface area contributed by atoms with Gasteiger partial charge in [-0.25, -0.2) is 0 Å². The van der Waals surface area contributed by atoms with Crippen LogP contribution in [0.1, 0.15) is 18.4 Å². The first kappa shape index (κ1) is 17.2. The number of morpholine rings is 1. The Morgan fingerprint density at radius 2 is 1.79 bits per heavy atom. The van der Waals surface area contributed by atoms with E-state index < -0.39 is 0 Å². The Hall–Kier alpha value is -1.59. The molecule has 0 spiro atoms. The van der Waals surface area contributed by atoms with Crippen LogP contribution in [0.4, 0.5) is 0 Å². The van der Waals surface area contributed by atoms with Gasteiger partial charge < -0.3 is 14.4 Å². The highest BCUT2D eigenvalue weighted by Gasteiger charge is 2.24. The van der Waals surface area contributed by atoms with Gasteiger partial charge in [0.25, 0.3) is 0 Å². The maximum absolute atomic E-state index is 12.5. The highest BCUT2D eigenvalue weighted by atomic mass is 16.5. The lowest BCUT2D eigenvalue weighted by atomic mass is 9.95. The molecule has 0 atom stereocenters. The van der Waals surface area contributed by atoms with Gasteiger partial charge in [0, 0.05) is 32.7 Å². The van der Waals surface area contributed by atoms with Crippen LogP contribution in [-0.4, -0.2) is 68.8 Å². The molecule has 0 unspecified atom stereocenters. The predicted molar refractivity (Wildman–Crippen MR) is 93.3 cm³/mol. The predicted octanol–water partition coefficient (Wildman–Crippen LogP) is 1.81. The van der Waals surface area contributed by atoms with Gasteiger partial charge in [0.15, 0.2) is 0 Å². The summed E-state index contributed by atoms with van der Waals surface area (Å²) in [5.41, 5.74) is 1.05. The number of rotatable bonds is 5. The van der Waals surface area contributed by atoms with Crippen molar-refractivity contribution in [1.29, 1.82) is 0 Å². The molecule has 24 heavy (non-hydrogen) atoms. The van der Waals surface area contributed by atoms with Gasteiger partial charge >= 0.3 is 0 Å².